The van der Waals surface area contributed by atoms with Gasteiger partial charge in [0.2, 0.25) is 0 Å². The smallest absolute Gasteiger partial charge is 0.405 e. The Hall–Kier alpha value is -2.42. The predicted octanol–water partition coefficient (Wildman–Crippen LogP) is 3.38. The highest BCUT2D eigenvalue weighted by Crippen LogP contribution is 2.33. The fourth-order valence-corrected chi connectivity index (χ4v) is 2.85. The topological polar surface area (TPSA) is 24.1 Å². The summed E-state index contributed by atoms with van der Waals surface area (Å²) in [4.78, 5) is 0. The van der Waals surface area contributed by atoms with Crippen molar-refractivity contribution in [1.82, 2.24) is 0 Å². The van der Waals surface area contributed by atoms with E-state index in [1.807, 2.05) is 0 Å². The first-order valence-corrected chi connectivity index (χ1v) is 6.93. The van der Waals surface area contributed by atoms with Crippen LogP contribution in [0.15, 0.2) is 60.7 Å². The molecule has 3 aromatic carbocycles. The third-order valence-corrected chi connectivity index (χ3v) is 3.92. The van der Waals surface area contributed by atoms with Crippen molar-refractivity contribution in [3.8, 4) is 0 Å². The maximum absolute atomic E-state index is 3.59. The SMILES string of the molecule is Cc1ccc(B2Nc3cccc4cccc(c34)N2)cc1. The highest BCUT2D eigenvalue weighted by molar-refractivity contribution is 6.80. The summed E-state index contributed by atoms with van der Waals surface area (Å²) >= 11 is 0. The Bertz CT molecular complexity index is 740. The molecule has 0 aliphatic carbocycles. The molecule has 96 valence electrons. The lowest BCUT2D eigenvalue weighted by Crippen LogP contribution is -2.47. The molecule has 0 unspecified atom stereocenters. The lowest BCUT2D eigenvalue weighted by molar-refractivity contribution is 1.48. The van der Waals surface area contributed by atoms with Crippen molar-refractivity contribution >= 4 is 34.6 Å². The Morgan fingerprint density at radius 1 is 0.750 bits per heavy atom. The van der Waals surface area contributed by atoms with Crippen LogP contribution in [0.5, 0.6) is 0 Å². The quantitative estimate of drug-likeness (QED) is 0.654. The van der Waals surface area contributed by atoms with Crippen LogP contribution in [0.2, 0.25) is 0 Å². The Balaban J connectivity index is 1.81. The number of nitrogens with one attached hydrogen (secondary N) is 2. The van der Waals surface area contributed by atoms with Crippen LogP contribution in [-0.2, 0) is 0 Å². The minimum Gasteiger partial charge on any atom is -0.405 e. The van der Waals surface area contributed by atoms with Gasteiger partial charge in [-0.25, -0.2) is 0 Å². The van der Waals surface area contributed by atoms with Gasteiger partial charge in [-0.3, -0.25) is 0 Å². The average Bonchev–Trinajstić information content (AvgIpc) is 2.48. The van der Waals surface area contributed by atoms with E-state index in [9.17, 15) is 0 Å². The highest BCUT2D eigenvalue weighted by atomic mass is 15.0. The molecule has 0 saturated heterocycles. The standard InChI is InChI=1S/C17H15BN2/c1-12-8-10-14(11-9-12)18-19-15-6-2-4-13-5-3-7-16(20-18)17(13)15/h2-11,19-20H,1H3. The van der Waals surface area contributed by atoms with Crippen molar-refractivity contribution in [1.29, 1.82) is 0 Å². The van der Waals surface area contributed by atoms with Crippen molar-refractivity contribution < 1.29 is 0 Å². The molecule has 1 heterocycles. The average molecular weight is 258 g/mol. The number of hydrogen-bond acceptors (Lipinski definition) is 2. The van der Waals surface area contributed by atoms with Gasteiger partial charge >= 0.3 is 6.98 Å². The molecule has 2 N–H and O–H groups in total. The van der Waals surface area contributed by atoms with Crippen molar-refractivity contribution in [2.45, 2.75) is 6.92 Å². The number of rotatable bonds is 1. The fraction of sp³-hybridized carbons (Fsp3) is 0.0588. The van der Waals surface area contributed by atoms with Crippen LogP contribution in [0.4, 0.5) is 11.4 Å². The van der Waals surface area contributed by atoms with Gasteiger partial charge in [-0.2, -0.15) is 0 Å². The Kier molecular flexibility index (Phi) is 2.46. The zero-order valence-electron chi connectivity index (χ0n) is 11.4. The zero-order valence-corrected chi connectivity index (χ0v) is 11.4. The maximum Gasteiger partial charge on any atom is 0.406 e. The van der Waals surface area contributed by atoms with Gasteiger partial charge in [0.05, 0.1) is 0 Å². The van der Waals surface area contributed by atoms with Crippen LogP contribution >= 0.6 is 0 Å². The molecule has 0 saturated carbocycles. The van der Waals surface area contributed by atoms with E-state index < -0.39 is 0 Å². The normalized spacial score (nSPS) is 12.9. The lowest BCUT2D eigenvalue weighted by atomic mass is 9.66. The van der Waals surface area contributed by atoms with E-state index in [4.69, 9.17) is 0 Å². The molecule has 0 aromatic heterocycles. The molecule has 1 aliphatic heterocycles. The van der Waals surface area contributed by atoms with Crippen molar-refractivity contribution in [2.24, 2.45) is 0 Å². The minimum atomic E-state index is 0.121. The molecule has 20 heavy (non-hydrogen) atoms. The minimum absolute atomic E-state index is 0.121. The first kappa shape index (κ1) is 11.4. The summed E-state index contributed by atoms with van der Waals surface area (Å²) in [6.07, 6.45) is 0. The summed E-state index contributed by atoms with van der Waals surface area (Å²) in [5, 5.41) is 9.71. The first-order valence-electron chi connectivity index (χ1n) is 6.93. The van der Waals surface area contributed by atoms with Crippen molar-refractivity contribution in [2.75, 3.05) is 10.5 Å². The number of benzene rings is 3. The Morgan fingerprint density at radius 3 is 1.95 bits per heavy atom. The lowest BCUT2D eigenvalue weighted by Gasteiger charge is -2.26. The zero-order chi connectivity index (χ0) is 13.5. The molecule has 0 spiro atoms. The second-order valence-corrected chi connectivity index (χ2v) is 5.34. The van der Waals surface area contributed by atoms with Gasteiger partial charge in [-0.15, -0.1) is 0 Å². The Morgan fingerprint density at radius 2 is 1.35 bits per heavy atom. The fourth-order valence-electron chi connectivity index (χ4n) is 2.85. The van der Waals surface area contributed by atoms with E-state index in [1.54, 1.807) is 0 Å². The van der Waals surface area contributed by atoms with E-state index in [2.05, 4.69) is 78.0 Å². The van der Waals surface area contributed by atoms with E-state index in [0.717, 1.165) is 0 Å². The molecule has 0 bridgehead atoms. The second-order valence-electron chi connectivity index (χ2n) is 5.34. The van der Waals surface area contributed by atoms with Gasteiger partial charge in [0.25, 0.3) is 0 Å². The van der Waals surface area contributed by atoms with Crippen molar-refractivity contribution in [3.05, 3.63) is 66.2 Å². The van der Waals surface area contributed by atoms with Crippen molar-refractivity contribution in [3.63, 3.8) is 0 Å². The van der Waals surface area contributed by atoms with E-state index >= 15 is 0 Å². The number of anilines is 2. The molecule has 1 aliphatic rings. The molecule has 2 nitrogen and oxygen atoms in total. The van der Waals surface area contributed by atoms with Gasteiger partial charge in [0, 0.05) is 16.8 Å². The van der Waals surface area contributed by atoms with Gasteiger partial charge in [0.15, 0.2) is 0 Å². The third-order valence-electron chi connectivity index (χ3n) is 3.92. The second kappa shape index (κ2) is 4.31. The monoisotopic (exact) mass is 258 g/mol. The summed E-state index contributed by atoms with van der Waals surface area (Å²) in [6, 6.07) is 21.5. The van der Waals surface area contributed by atoms with E-state index in [-0.39, 0.29) is 6.98 Å². The van der Waals surface area contributed by atoms with Gasteiger partial charge in [-0.1, -0.05) is 54.1 Å². The molecule has 4 rings (SSSR count). The van der Waals surface area contributed by atoms with Crippen LogP contribution in [0.1, 0.15) is 5.56 Å². The molecule has 0 atom stereocenters. The first-order chi connectivity index (χ1) is 9.81. The summed E-state index contributed by atoms with van der Waals surface area (Å²) in [6.45, 7) is 2.23. The Labute approximate surface area is 118 Å². The van der Waals surface area contributed by atoms with E-state index in [1.165, 1.54) is 33.2 Å². The van der Waals surface area contributed by atoms with E-state index in [0.29, 0.717) is 0 Å². The van der Waals surface area contributed by atoms with Crippen LogP contribution in [0.25, 0.3) is 10.8 Å². The van der Waals surface area contributed by atoms with Gasteiger partial charge in [-0.05, 0) is 29.9 Å². The summed E-state index contributed by atoms with van der Waals surface area (Å²) in [5.74, 6) is 0. The molecule has 0 amide bonds. The molecule has 3 aromatic rings. The largest absolute Gasteiger partial charge is 0.406 e. The summed E-state index contributed by atoms with van der Waals surface area (Å²) in [7, 11) is 0. The third kappa shape index (κ3) is 1.75. The van der Waals surface area contributed by atoms with Gasteiger partial charge < -0.3 is 10.5 Å². The highest BCUT2D eigenvalue weighted by Gasteiger charge is 2.24. The number of aryl methyl sites for hydroxylation is 1. The van der Waals surface area contributed by atoms with Crippen LogP contribution in [0.3, 0.4) is 0 Å². The van der Waals surface area contributed by atoms with Crippen LogP contribution in [0, 0.1) is 6.92 Å². The predicted molar refractivity (Wildman–Crippen MR) is 87.8 cm³/mol. The number of hydrogen-bond donors (Lipinski definition) is 2. The molecule has 0 radical (unpaired) electrons. The molecular formula is C17H15BN2. The van der Waals surface area contributed by atoms with Gasteiger partial charge in [0.1, 0.15) is 0 Å². The van der Waals surface area contributed by atoms with Crippen LogP contribution in [-0.4, -0.2) is 6.98 Å². The summed E-state index contributed by atoms with van der Waals surface area (Å²) in [5.41, 5.74) is 4.93. The maximum atomic E-state index is 3.59. The molecule has 3 heteroatoms. The van der Waals surface area contributed by atoms with Crippen LogP contribution < -0.4 is 15.9 Å². The molecule has 0 fully saturated rings. The molecular weight excluding hydrogens is 243 g/mol. The summed E-state index contributed by atoms with van der Waals surface area (Å²) < 4.78 is 0.